The highest BCUT2D eigenvalue weighted by Gasteiger charge is 2.29. The smallest absolute Gasteiger partial charge is 0.267 e. The number of carbonyl (C=O) groups is 2. The molecule has 1 atom stereocenters. The van der Waals surface area contributed by atoms with Crippen LogP contribution in [0.1, 0.15) is 23.7 Å². The van der Waals surface area contributed by atoms with Gasteiger partial charge in [-0.05, 0) is 25.1 Å². The fourth-order valence-corrected chi connectivity index (χ4v) is 2.28. The van der Waals surface area contributed by atoms with Gasteiger partial charge in [-0.1, -0.05) is 15.9 Å². The highest BCUT2D eigenvalue weighted by Crippen LogP contribution is 2.34. The summed E-state index contributed by atoms with van der Waals surface area (Å²) in [6.45, 7) is 1.71. The molecular weight excluding hydrogens is 298 g/mol. The third kappa shape index (κ3) is 2.27. The molecule has 1 heterocycles. The van der Waals surface area contributed by atoms with Crippen molar-refractivity contribution in [2.24, 2.45) is 0 Å². The molecule has 1 amide bonds. The van der Waals surface area contributed by atoms with Crippen LogP contribution in [0.2, 0.25) is 0 Å². The van der Waals surface area contributed by atoms with Crippen LogP contribution in [-0.2, 0) is 4.79 Å². The van der Waals surface area contributed by atoms with Crippen LogP contribution in [0, 0.1) is 0 Å². The minimum Gasteiger partial charge on any atom is -0.479 e. The van der Waals surface area contributed by atoms with Crippen molar-refractivity contribution in [3.05, 3.63) is 23.8 Å². The van der Waals surface area contributed by atoms with Gasteiger partial charge in [-0.15, -0.1) is 0 Å². The van der Waals surface area contributed by atoms with E-state index >= 15 is 0 Å². The molecule has 0 bridgehead atoms. The summed E-state index contributed by atoms with van der Waals surface area (Å²) in [5.74, 6) is 0.585. The number of anilines is 1. The lowest BCUT2D eigenvalue weighted by atomic mass is 10.1. The van der Waals surface area contributed by atoms with Gasteiger partial charge in [0.05, 0.1) is 5.69 Å². The first-order valence-electron chi connectivity index (χ1n) is 5.72. The summed E-state index contributed by atoms with van der Waals surface area (Å²) in [6.07, 6.45) is -0.0418. The number of ketones is 1. The zero-order valence-corrected chi connectivity index (χ0v) is 11.9. The van der Waals surface area contributed by atoms with Gasteiger partial charge in [-0.3, -0.25) is 9.59 Å². The average Bonchev–Trinajstić information content (AvgIpc) is 2.36. The molecule has 0 spiro atoms. The summed E-state index contributed by atoms with van der Waals surface area (Å²) in [7, 11) is 1.69. The van der Waals surface area contributed by atoms with Crippen molar-refractivity contribution >= 4 is 33.3 Å². The molecule has 4 nitrogen and oxygen atoms in total. The van der Waals surface area contributed by atoms with Gasteiger partial charge >= 0.3 is 0 Å². The Kier molecular flexibility index (Phi) is 3.71. The maximum absolute atomic E-state index is 11.8. The molecule has 96 valence electrons. The third-order valence-corrected chi connectivity index (χ3v) is 3.34. The van der Waals surface area contributed by atoms with E-state index in [1.54, 1.807) is 32.2 Å². The van der Waals surface area contributed by atoms with E-state index in [9.17, 15) is 9.59 Å². The number of nitrogens with zero attached hydrogens (tertiary/aromatic N) is 1. The molecular formula is C13H14BrNO3. The van der Waals surface area contributed by atoms with Crippen LogP contribution in [0.25, 0.3) is 0 Å². The van der Waals surface area contributed by atoms with Gasteiger partial charge < -0.3 is 9.64 Å². The molecule has 18 heavy (non-hydrogen) atoms. The first-order valence-corrected chi connectivity index (χ1v) is 6.84. The average molecular weight is 312 g/mol. The van der Waals surface area contributed by atoms with Crippen LogP contribution >= 0.6 is 15.9 Å². The van der Waals surface area contributed by atoms with E-state index in [4.69, 9.17) is 4.74 Å². The molecule has 1 aliphatic rings. The first kappa shape index (κ1) is 13.1. The number of hydrogen-bond acceptors (Lipinski definition) is 3. The number of Topliss-reactive ketones (excluding diaryl/α,β-unsaturated/α-hetero) is 1. The van der Waals surface area contributed by atoms with E-state index in [2.05, 4.69) is 15.9 Å². The van der Waals surface area contributed by atoms with Crippen molar-refractivity contribution in [3.8, 4) is 5.75 Å². The Balaban J connectivity index is 2.37. The molecule has 1 aromatic rings. The molecule has 2 rings (SSSR count). The molecule has 5 heteroatoms. The largest absolute Gasteiger partial charge is 0.479 e. The van der Waals surface area contributed by atoms with E-state index in [-0.39, 0.29) is 11.7 Å². The summed E-state index contributed by atoms with van der Waals surface area (Å²) < 4.78 is 5.50. The second kappa shape index (κ2) is 5.10. The van der Waals surface area contributed by atoms with Crippen molar-refractivity contribution in [1.82, 2.24) is 0 Å². The van der Waals surface area contributed by atoms with E-state index in [1.807, 2.05) is 0 Å². The normalized spacial score (nSPS) is 18.3. The molecule has 0 fully saturated rings. The fraction of sp³-hybridized carbons (Fsp3) is 0.385. The van der Waals surface area contributed by atoms with Crippen molar-refractivity contribution in [2.45, 2.75) is 19.4 Å². The molecule has 0 aliphatic carbocycles. The van der Waals surface area contributed by atoms with E-state index in [1.165, 1.54) is 4.90 Å². The predicted molar refractivity (Wildman–Crippen MR) is 72.7 cm³/mol. The van der Waals surface area contributed by atoms with Gasteiger partial charge in [0.25, 0.3) is 5.91 Å². The van der Waals surface area contributed by atoms with E-state index in [0.29, 0.717) is 28.8 Å². The number of likely N-dealkylation sites (N-methyl/N-ethyl adjacent to an activating group) is 1. The maximum atomic E-state index is 11.8. The molecule has 0 radical (unpaired) electrons. The topological polar surface area (TPSA) is 46.6 Å². The van der Waals surface area contributed by atoms with Crippen LogP contribution < -0.4 is 9.64 Å². The Morgan fingerprint density at radius 2 is 2.22 bits per heavy atom. The van der Waals surface area contributed by atoms with Gasteiger partial charge in [-0.25, -0.2) is 0 Å². The second-order valence-corrected chi connectivity index (χ2v) is 4.99. The van der Waals surface area contributed by atoms with Crippen LogP contribution in [-0.4, -0.2) is 30.2 Å². The third-order valence-electron chi connectivity index (χ3n) is 2.95. The number of hydrogen-bond donors (Lipinski definition) is 0. The van der Waals surface area contributed by atoms with Crippen molar-refractivity contribution in [3.63, 3.8) is 0 Å². The number of rotatable bonds is 3. The highest BCUT2D eigenvalue weighted by atomic mass is 79.9. The zero-order chi connectivity index (χ0) is 13.3. The number of ether oxygens (including phenoxy) is 1. The number of carbonyl (C=O) groups excluding carboxylic acids is 2. The maximum Gasteiger partial charge on any atom is 0.267 e. The first-order chi connectivity index (χ1) is 8.54. The van der Waals surface area contributed by atoms with E-state index in [0.717, 1.165) is 0 Å². The Morgan fingerprint density at radius 1 is 1.50 bits per heavy atom. The highest BCUT2D eigenvalue weighted by molar-refractivity contribution is 9.09. The number of alkyl halides is 1. The summed E-state index contributed by atoms with van der Waals surface area (Å²) in [6, 6.07) is 5.19. The molecule has 0 saturated carbocycles. The lowest BCUT2D eigenvalue weighted by molar-refractivity contribution is -0.125. The quantitative estimate of drug-likeness (QED) is 0.636. The lowest BCUT2D eigenvalue weighted by Crippen LogP contribution is -2.42. The molecule has 1 aliphatic heterocycles. The summed E-state index contributed by atoms with van der Waals surface area (Å²) in [5, 5.41) is 0.630. The molecule has 0 saturated heterocycles. The minimum absolute atomic E-state index is 0.0501. The number of fused-ring (bicyclic) bond motifs is 1. The van der Waals surface area contributed by atoms with Crippen LogP contribution in [0.4, 0.5) is 5.69 Å². The van der Waals surface area contributed by atoms with Crippen molar-refractivity contribution in [1.29, 1.82) is 0 Å². The Morgan fingerprint density at radius 3 is 2.89 bits per heavy atom. The van der Waals surface area contributed by atoms with Crippen LogP contribution in [0.5, 0.6) is 5.75 Å². The molecule has 1 aromatic carbocycles. The van der Waals surface area contributed by atoms with Gasteiger partial charge in [0, 0.05) is 24.4 Å². The summed E-state index contributed by atoms with van der Waals surface area (Å²) >= 11 is 3.24. The SMILES string of the molecule is CC1Oc2ccc(C(=O)CCBr)cc2N(C)C1=O. The Bertz CT molecular complexity index is 501. The van der Waals surface area contributed by atoms with Gasteiger partial charge in [-0.2, -0.15) is 0 Å². The Labute approximate surface area is 114 Å². The Hall–Kier alpha value is -1.36. The lowest BCUT2D eigenvalue weighted by Gasteiger charge is -2.30. The van der Waals surface area contributed by atoms with Gasteiger partial charge in [0.15, 0.2) is 11.9 Å². The van der Waals surface area contributed by atoms with Gasteiger partial charge in [0.1, 0.15) is 5.75 Å². The van der Waals surface area contributed by atoms with Crippen LogP contribution in [0.15, 0.2) is 18.2 Å². The number of amides is 1. The number of benzene rings is 1. The van der Waals surface area contributed by atoms with Crippen molar-refractivity contribution < 1.29 is 14.3 Å². The summed E-state index contributed by atoms with van der Waals surface area (Å²) in [5.41, 5.74) is 1.25. The predicted octanol–water partition coefficient (Wildman–Crippen LogP) is 2.40. The second-order valence-electron chi connectivity index (χ2n) is 4.20. The van der Waals surface area contributed by atoms with E-state index < -0.39 is 6.10 Å². The van der Waals surface area contributed by atoms with Gasteiger partial charge in [0.2, 0.25) is 0 Å². The zero-order valence-electron chi connectivity index (χ0n) is 10.3. The summed E-state index contributed by atoms with van der Waals surface area (Å²) in [4.78, 5) is 25.1. The monoisotopic (exact) mass is 311 g/mol. The fourth-order valence-electron chi connectivity index (χ4n) is 1.92. The molecule has 1 unspecified atom stereocenters. The number of halogens is 1. The van der Waals surface area contributed by atoms with Crippen LogP contribution in [0.3, 0.4) is 0 Å². The minimum atomic E-state index is -0.480. The molecule has 0 aromatic heterocycles. The van der Waals surface area contributed by atoms with Crippen molar-refractivity contribution in [2.75, 3.05) is 17.3 Å². The molecule has 0 N–H and O–H groups in total. The standard InChI is InChI=1S/C13H14BrNO3/c1-8-13(17)15(2)10-7-9(11(16)5-6-14)3-4-12(10)18-8/h3-4,7-8H,5-6H2,1-2H3.